The van der Waals surface area contributed by atoms with Crippen molar-refractivity contribution in [3.05, 3.63) is 60.1 Å². The first-order chi connectivity index (χ1) is 13.3. The van der Waals surface area contributed by atoms with Crippen LogP contribution in [0.15, 0.2) is 58.3 Å². The Bertz CT molecular complexity index is 808. The van der Waals surface area contributed by atoms with Crippen LogP contribution in [0, 0.1) is 0 Å². The summed E-state index contributed by atoms with van der Waals surface area (Å²) in [7, 11) is 0. The summed E-state index contributed by atoms with van der Waals surface area (Å²) >= 11 is 1.29. The molecule has 2 heterocycles. The average molecular weight is 387 g/mol. The summed E-state index contributed by atoms with van der Waals surface area (Å²) in [6.45, 7) is 2.20. The van der Waals surface area contributed by atoms with E-state index >= 15 is 0 Å². The summed E-state index contributed by atoms with van der Waals surface area (Å²) in [5.74, 6) is 0.948. The molecule has 3 aromatic rings. The number of carbonyl (C=O) groups excluding carboxylic acids is 1. The Kier molecular flexibility index (Phi) is 7.43. The van der Waals surface area contributed by atoms with E-state index in [4.69, 9.17) is 9.15 Å². The molecule has 0 unspecified atom stereocenters. The van der Waals surface area contributed by atoms with Crippen molar-refractivity contribution >= 4 is 17.7 Å². The van der Waals surface area contributed by atoms with Crippen LogP contribution in [0.4, 0.5) is 0 Å². The minimum absolute atomic E-state index is 0.0596. The molecule has 3 rings (SSSR count). The van der Waals surface area contributed by atoms with Crippen molar-refractivity contribution in [3.63, 3.8) is 0 Å². The minimum Gasteiger partial charge on any atom is -0.467 e. The number of aromatic nitrogens is 4. The first-order valence-corrected chi connectivity index (χ1v) is 9.59. The smallest absolute Gasteiger partial charge is 0.230 e. The zero-order valence-electron chi connectivity index (χ0n) is 14.8. The zero-order chi connectivity index (χ0) is 18.7. The molecular formula is C18H21N5O3S. The minimum atomic E-state index is -0.0596. The number of rotatable bonds is 11. The quantitative estimate of drug-likeness (QED) is 0.398. The molecule has 1 amide bonds. The van der Waals surface area contributed by atoms with Crippen molar-refractivity contribution in [3.8, 4) is 0 Å². The van der Waals surface area contributed by atoms with E-state index in [1.54, 1.807) is 10.9 Å². The molecule has 0 atom stereocenters. The summed E-state index contributed by atoms with van der Waals surface area (Å²) in [6, 6.07) is 13.7. The van der Waals surface area contributed by atoms with Gasteiger partial charge in [0.15, 0.2) is 0 Å². The van der Waals surface area contributed by atoms with E-state index in [0.29, 0.717) is 31.5 Å². The second-order valence-corrected chi connectivity index (χ2v) is 6.67. The molecule has 1 N–H and O–H groups in total. The number of hydrogen-bond acceptors (Lipinski definition) is 7. The second kappa shape index (κ2) is 10.5. The number of thioether (sulfide) groups is 1. The molecule has 0 aliphatic rings. The predicted octanol–water partition coefficient (Wildman–Crippen LogP) is 2.13. The summed E-state index contributed by atoms with van der Waals surface area (Å²) < 4.78 is 12.5. The van der Waals surface area contributed by atoms with Gasteiger partial charge in [0.05, 0.1) is 18.6 Å². The molecule has 0 aliphatic carbocycles. The molecule has 1 aromatic carbocycles. The highest BCUT2D eigenvalue weighted by atomic mass is 32.2. The molecule has 2 aromatic heterocycles. The molecular weight excluding hydrogens is 366 g/mol. The number of nitrogens with one attached hydrogen (secondary N) is 1. The molecule has 0 radical (unpaired) electrons. The van der Waals surface area contributed by atoms with Crippen LogP contribution in [0.1, 0.15) is 17.7 Å². The van der Waals surface area contributed by atoms with Crippen LogP contribution >= 0.6 is 11.8 Å². The maximum atomic E-state index is 12.0. The Morgan fingerprint density at radius 1 is 1.22 bits per heavy atom. The summed E-state index contributed by atoms with van der Waals surface area (Å²) in [4.78, 5) is 12.0. The Balaban J connectivity index is 1.28. The van der Waals surface area contributed by atoms with Crippen LogP contribution in [-0.4, -0.2) is 45.0 Å². The Labute approximate surface area is 161 Å². The lowest BCUT2D eigenvalue weighted by atomic mass is 10.2. The van der Waals surface area contributed by atoms with Gasteiger partial charge in [0.25, 0.3) is 0 Å². The Morgan fingerprint density at radius 3 is 2.93 bits per heavy atom. The summed E-state index contributed by atoms with van der Waals surface area (Å²) in [6.07, 6.45) is 2.36. The van der Waals surface area contributed by atoms with Gasteiger partial charge in [-0.3, -0.25) is 4.79 Å². The van der Waals surface area contributed by atoms with Gasteiger partial charge in [-0.1, -0.05) is 42.1 Å². The highest BCUT2D eigenvalue weighted by Crippen LogP contribution is 2.14. The van der Waals surface area contributed by atoms with Crippen LogP contribution in [0.2, 0.25) is 0 Å². The van der Waals surface area contributed by atoms with E-state index in [1.165, 1.54) is 11.8 Å². The summed E-state index contributed by atoms with van der Waals surface area (Å²) in [5.41, 5.74) is 1.14. The monoisotopic (exact) mass is 387 g/mol. The van der Waals surface area contributed by atoms with Gasteiger partial charge in [0, 0.05) is 13.2 Å². The number of benzene rings is 1. The molecule has 0 saturated heterocycles. The Morgan fingerprint density at radius 2 is 2.11 bits per heavy atom. The van der Waals surface area contributed by atoms with Gasteiger partial charge in [-0.25, -0.2) is 4.68 Å². The molecule has 142 valence electrons. The average Bonchev–Trinajstić information content (AvgIpc) is 3.36. The third-order valence-corrected chi connectivity index (χ3v) is 4.57. The van der Waals surface area contributed by atoms with Gasteiger partial charge < -0.3 is 14.5 Å². The fraction of sp³-hybridized carbons (Fsp3) is 0.333. The van der Waals surface area contributed by atoms with Crippen LogP contribution in [0.5, 0.6) is 0 Å². The fourth-order valence-electron chi connectivity index (χ4n) is 2.30. The van der Waals surface area contributed by atoms with Gasteiger partial charge in [-0.15, -0.1) is 5.10 Å². The standard InChI is InChI=1S/C18H21N5O3S/c24-17(19-9-5-10-25-13-15-6-2-1-3-7-15)14-27-18-20-21-22-23(18)12-16-8-4-11-26-16/h1-4,6-8,11H,5,9-10,12-14H2,(H,19,24). The van der Waals surface area contributed by atoms with Gasteiger partial charge in [0.2, 0.25) is 11.1 Å². The van der Waals surface area contributed by atoms with E-state index in [2.05, 4.69) is 20.8 Å². The molecule has 0 aliphatic heterocycles. The normalized spacial score (nSPS) is 10.8. The molecule has 8 nitrogen and oxygen atoms in total. The number of hydrogen-bond donors (Lipinski definition) is 1. The first-order valence-electron chi connectivity index (χ1n) is 8.61. The lowest BCUT2D eigenvalue weighted by Crippen LogP contribution is -2.27. The molecule has 27 heavy (non-hydrogen) atoms. The van der Waals surface area contributed by atoms with Crippen LogP contribution in [-0.2, 0) is 22.7 Å². The van der Waals surface area contributed by atoms with Gasteiger partial charge >= 0.3 is 0 Å². The third kappa shape index (κ3) is 6.54. The highest BCUT2D eigenvalue weighted by Gasteiger charge is 2.11. The number of ether oxygens (including phenoxy) is 1. The van der Waals surface area contributed by atoms with Crippen molar-refractivity contribution in [2.75, 3.05) is 18.9 Å². The molecule has 0 spiro atoms. The van der Waals surface area contributed by atoms with Crippen molar-refractivity contribution in [2.24, 2.45) is 0 Å². The lowest BCUT2D eigenvalue weighted by molar-refractivity contribution is -0.118. The molecule has 0 fully saturated rings. The SMILES string of the molecule is O=C(CSc1nnnn1Cc1ccco1)NCCCOCc1ccccc1. The largest absolute Gasteiger partial charge is 0.467 e. The van der Waals surface area contributed by atoms with Crippen molar-refractivity contribution < 1.29 is 13.9 Å². The first kappa shape index (κ1) is 19.1. The fourth-order valence-corrected chi connectivity index (χ4v) is 3.00. The van der Waals surface area contributed by atoms with E-state index in [0.717, 1.165) is 17.7 Å². The maximum Gasteiger partial charge on any atom is 0.230 e. The van der Waals surface area contributed by atoms with Crippen molar-refractivity contribution in [2.45, 2.75) is 24.7 Å². The number of carbonyl (C=O) groups is 1. The second-order valence-electron chi connectivity index (χ2n) is 5.73. The number of amides is 1. The van der Waals surface area contributed by atoms with Crippen LogP contribution in [0.25, 0.3) is 0 Å². The van der Waals surface area contributed by atoms with E-state index in [9.17, 15) is 4.79 Å². The third-order valence-electron chi connectivity index (χ3n) is 3.62. The van der Waals surface area contributed by atoms with Gasteiger partial charge in [-0.2, -0.15) is 0 Å². The van der Waals surface area contributed by atoms with Crippen LogP contribution < -0.4 is 5.32 Å². The summed E-state index contributed by atoms with van der Waals surface area (Å²) in [5, 5.41) is 15.0. The Hall–Kier alpha value is -2.65. The highest BCUT2D eigenvalue weighted by molar-refractivity contribution is 7.99. The van der Waals surface area contributed by atoms with Gasteiger partial charge in [-0.05, 0) is 34.5 Å². The predicted molar refractivity (Wildman–Crippen MR) is 100 cm³/mol. The van der Waals surface area contributed by atoms with E-state index in [1.807, 2.05) is 42.5 Å². The number of tetrazole rings is 1. The molecule has 9 heteroatoms. The van der Waals surface area contributed by atoms with Crippen LogP contribution in [0.3, 0.4) is 0 Å². The number of furan rings is 1. The van der Waals surface area contributed by atoms with Gasteiger partial charge in [0.1, 0.15) is 12.3 Å². The molecule has 0 bridgehead atoms. The van der Waals surface area contributed by atoms with Crippen molar-refractivity contribution in [1.82, 2.24) is 25.5 Å². The van der Waals surface area contributed by atoms with Crippen molar-refractivity contribution in [1.29, 1.82) is 0 Å². The maximum absolute atomic E-state index is 12.0. The van der Waals surface area contributed by atoms with E-state index in [-0.39, 0.29) is 11.7 Å². The van der Waals surface area contributed by atoms with E-state index < -0.39 is 0 Å². The topological polar surface area (TPSA) is 95.1 Å². The lowest BCUT2D eigenvalue weighted by Gasteiger charge is -2.06. The zero-order valence-corrected chi connectivity index (χ0v) is 15.6. The number of nitrogens with zero attached hydrogens (tertiary/aromatic N) is 4. The molecule has 0 saturated carbocycles.